The molecule has 96 valence electrons. The van der Waals surface area contributed by atoms with Crippen LogP contribution in [-0.2, 0) is 6.18 Å². The Bertz CT molecular complexity index is 350. The molecule has 0 spiro atoms. The van der Waals surface area contributed by atoms with Crippen molar-refractivity contribution in [2.24, 2.45) is 11.7 Å². The van der Waals surface area contributed by atoms with Crippen molar-refractivity contribution >= 4 is 5.69 Å². The van der Waals surface area contributed by atoms with Crippen LogP contribution in [0.25, 0.3) is 0 Å². The van der Waals surface area contributed by atoms with Gasteiger partial charge in [-0.05, 0) is 37.1 Å². The van der Waals surface area contributed by atoms with Gasteiger partial charge < -0.3 is 11.1 Å². The van der Waals surface area contributed by atoms with E-state index in [-0.39, 0.29) is 0 Å². The molecule has 0 bridgehead atoms. The number of halogens is 3. The molecule has 0 aliphatic rings. The fourth-order valence-electron chi connectivity index (χ4n) is 1.48. The zero-order valence-electron chi connectivity index (χ0n) is 9.72. The molecule has 0 amide bonds. The Hall–Kier alpha value is -1.23. The first-order valence-corrected chi connectivity index (χ1v) is 5.54. The highest BCUT2D eigenvalue weighted by Crippen LogP contribution is 2.30. The van der Waals surface area contributed by atoms with Crippen LogP contribution in [-0.4, -0.2) is 13.1 Å². The maximum Gasteiger partial charge on any atom is 0.416 e. The van der Waals surface area contributed by atoms with E-state index in [1.54, 1.807) is 6.07 Å². The zero-order valence-corrected chi connectivity index (χ0v) is 9.72. The average molecular weight is 246 g/mol. The van der Waals surface area contributed by atoms with E-state index in [1.165, 1.54) is 6.07 Å². The molecule has 1 rings (SSSR count). The van der Waals surface area contributed by atoms with E-state index in [9.17, 15) is 13.2 Å². The first-order chi connectivity index (χ1) is 7.93. The molecule has 1 aromatic rings. The summed E-state index contributed by atoms with van der Waals surface area (Å²) in [4.78, 5) is 0. The highest BCUT2D eigenvalue weighted by atomic mass is 19.4. The van der Waals surface area contributed by atoms with E-state index in [1.807, 2.05) is 6.92 Å². The maximum atomic E-state index is 12.4. The monoisotopic (exact) mass is 246 g/mol. The quantitative estimate of drug-likeness (QED) is 0.837. The van der Waals surface area contributed by atoms with Gasteiger partial charge in [-0.2, -0.15) is 13.2 Å². The van der Waals surface area contributed by atoms with Crippen LogP contribution in [0.2, 0.25) is 0 Å². The summed E-state index contributed by atoms with van der Waals surface area (Å²) in [6, 6.07) is 5.22. The standard InChI is InChI=1S/C12H17F3N2/c1-9(5-6-16)8-17-11-4-2-3-10(7-11)12(13,14)15/h2-4,7,9,17H,5-6,8,16H2,1H3. The molecule has 0 saturated carbocycles. The van der Waals surface area contributed by atoms with Gasteiger partial charge >= 0.3 is 6.18 Å². The molecule has 1 aromatic carbocycles. The van der Waals surface area contributed by atoms with Crippen molar-refractivity contribution in [2.75, 3.05) is 18.4 Å². The van der Waals surface area contributed by atoms with Crippen molar-refractivity contribution in [2.45, 2.75) is 19.5 Å². The minimum Gasteiger partial charge on any atom is -0.385 e. The summed E-state index contributed by atoms with van der Waals surface area (Å²) < 4.78 is 37.3. The summed E-state index contributed by atoms with van der Waals surface area (Å²) in [5.41, 5.74) is 5.26. The first-order valence-electron chi connectivity index (χ1n) is 5.54. The van der Waals surface area contributed by atoms with Gasteiger partial charge in [0.1, 0.15) is 0 Å². The average Bonchev–Trinajstić information content (AvgIpc) is 2.26. The van der Waals surface area contributed by atoms with Crippen LogP contribution in [0.4, 0.5) is 18.9 Å². The molecular weight excluding hydrogens is 229 g/mol. The summed E-state index contributed by atoms with van der Waals surface area (Å²) in [6.07, 6.45) is -3.44. The minimum atomic E-state index is -4.29. The third-order valence-electron chi connectivity index (χ3n) is 2.50. The lowest BCUT2D eigenvalue weighted by molar-refractivity contribution is -0.137. The zero-order chi connectivity index (χ0) is 12.9. The molecule has 0 aliphatic heterocycles. The van der Waals surface area contributed by atoms with Crippen molar-refractivity contribution in [1.29, 1.82) is 0 Å². The summed E-state index contributed by atoms with van der Waals surface area (Å²) >= 11 is 0. The smallest absolute Gasteiger partial charge is 0.385 e. The number of nitrogens with two attached hydrogens (primary N) is 1. The molecule has 3 N–H and O–H groups in total. The van der Waals surface area contributed by atoms with Crippen molar-refractivity contribution in [3.05, 3.63) is 29.8 Å². The predicted octanol–water partition coefficient (Wildman–Crippen LogP) is 3.10. The van der Waals surface area contributed by atoms with Gasteiger partial charge in [0.05, 0.1) is 5.56 Å². The van der Waals surface area contributed by atoms with Gasteiger partial charge in [0.25, 0.3) is 0 Å². The second-order valence-electron chi connectivity index (χ2n) is 4.14. The fraction of sp³-hybridized carbons (Fsp3) is 0.500. The van der Waals surface area contributed by atoms with Crippen molar-refractivity contribution in [3.63, 3.8) is 0 Å². The van der Waals surface area contributed by atoms with Gasteiger partial charge in [-0.25, -0.2) is 0 Å². The Morgan fingerprint density at radius 3 is 2.65 bits per heavy atom. The Morgan fingerprint density at radius 2 is 2.06 bits per heavy atom. The molecule has 0 aromatic heterocycles. The molecule has 0 heterocycles. The second-order valence-corrected chi connectivity index (χ2v) is 4.14. The highest BCUT2D eigenvalue weighted by Gasteiger charge is 2.30. The SMILES string of the molecule is CC(CCN)CNc1cccc(C(F)(F)F)c1. The number of hydrogen-bond acceptors (Lipinski definition) is 2. The number of nitrogens with one attached hydrogen (secondary N) is 1. The van der Waals surface area contributed by atoms with E-state index in [0.717, 1.165) is 18.6 Å². The number of alkyl halides is 3. The Kier molecular flexibility index (Phi) is 4.81. The van der Waals surface area contributed by atoms with Crippen molar-refractivity contribution in [3.8, 4) is 0 Å². The molecule has 0 saturated heterocycles. The van der Waals surface area contributed by atoms with Crippen LogP contribution in [0.15, 0.2) is 24.3 Å². The number of anilines is 1. The van der Waals surface area contributed by atoms with Gasteiger partial charge in [0.15, 0.2) is 0 Å². The summed E-state index contributed by atoms with van der Waals surface area (Å²) in [5, 5.41) is 2.99. The Morgan fingerprint density at radius 1 is 1.35 bits per heavy atom. The first kappa shape index (κ1) is 13.8. The van der Waals surface area contributed by atoms with Crippen LogP contribution >= 0.6 is 0 Å². The summed E-state index contributed by atoms with van der Waals surface area (Å²) in [6.45, 7) is 3.22. The molecule has 2 nitrogen and oxygen atoms in total. The molecule has 1 atom stereocenters. The topological polar surface area (TPSA) is 38.0 Å². The largest absolute Gasteiger partial charge is 0.416 e. The molecule has 0 fully saturated rings. The van der Waals surface area contributed by atoms with Gasteiger partial charge in [-0.3, -0.25) is 0 Å². The normalized spacial score (nSPS) is 13.5. The lowest BCUT2D eigenvalue weighted by atomic mass is 10.1. The molecule has 0 aliphatic carbocycles. The van der Waals surface area contributed by atoms with Crippen LogP contribution in [0, 0.1) is 5.92 Å². The highest BCUT2D eigenvalue weighted by molar-refractivity contribution is 5.46. The van der Waals surface area contributed by atoms with E-state index < -0.39 is 11.7 Å². The molecule has 5 heteroatoms. The number of rotatable bonds is 5. The Labute approximate surface area is 99.0 Å². The van der Waals surface area contributed by atoms with E-state index in [2.05, 4.69) is 5.32 Å². The molecule has 0 radical (unpaired) electrons. The van der Waals surface area contributed by atoms with Crippen LogP contribution < -0.4 is 11.1 Å². The van der Waals surface area contributed by atoms with Gasteiger partial charge in [-0.15, -0.1) is 0 Å². The Balaban J connectivity index is 2.60. The van der Waals surface area contributed by atoms with Crippen LogP contribution in [0.5, 0.6) is 0 Å². The maximum absolute atomic E-state index is 12.4. The predicted molar refractivity (Wildman–Crippen MR) is 62.8 cm³/mol. The third kappa shape index (κ3) is 4.65. The molecular formula is C12H17F3N2. The molecule has 17 heavy (non-hydrogen) atoms. The summed E-state index contributed by atoms with van der Waals surface area (Å²) in [7, 11) is 0. The van der Waals surface area contributed by atoms with E-state index in [0.29, 0.717) is 24.7 Å². The van der Waals surface area contributed by atoms with Gasteiger partial charge in [0, 0.05) is 12.2 Å². The van der Waals surface area contributed by atoms with E-state index in [4.69, 9.17) is 5.73 Å². The number of hydrogen-bond donors (Lipinski definition) is 2. The lowest BCUT2D eigenvalue weighted by Gasteiger charge is -2.14. The number of benzene rings is 1. The molecule has 1 unspecified atom stereocenters. The van der Waals surface area contributed by atoms with Gasteiger partial charge in [0.2, 0.25) is 0 Å². The fourth-order valence-corrected chi connectivity index (χ4v) is 1.48. The summed E-state index contributed by atoms with van der Waals surface area (Å²) in [5.74, 6) is 0.342. The van der Waals surface area contributed by atoms with Crippen molar-refractivity contribution < 1.29 is 13.2 Å². The second kappa shape index (κ2) is 5.91. The van der Waals surface area contributed by atoms with E-state index >= 15 is 0 Å². The van der Waals surface area contributed by atoms with Crippen LogP contribution in [0.3, 0.4) is 0 Å². The van der Waals surface area contributed by atoms with Crippen LogP contribution in [0.1, 0.15) is 18.9 Å². The third-order valence-corrected chi connectivity index (χ3v) is 2.50. The van der Waals surface area contributed by atoms with Gasteiger partial charge in [-0.1, -0.05) is 13.0 Å². The minimum absolute atomic E-state index is 0.342. The lowest BCUT2D eigenvalue weighted by Crippen LogP contribution is -2.15. The van der Waals surface area contributed by atoms with Crippen molar-refractivity contribution in [1.82, 2.24) is 0 Å².